The van der Waals surface area contributed by atoms with Gasteiger partial charge in [-0.1, -0.05) is 13.0 Å². The van der Waals surface area contributed by atoms with E-state index >= 15 is 0 Å². The number of alkyl halides is 1. The van der Waals surface area contributed by atoms with Crippen molar-refractivity contribution in [1.82, 2.24) is 4.98 Å². The first-order chi connectivity index (χ1) is 5.24. The van der Waals surface area contributed by atoms with Crippen molar-refractivity contribution in [3.8, 4) is 0 Å². The summed E-state index contributed by atoms with van der Waals surface area (Å²) in [6.45, 7) is 3.72. The molecule has 0 bridgehead atoms. The van der Waals surface area contributed by atoms with Crippen molar-refractivity contribution < 1.29 is 4.39 Å². The summed E-state index contributed by atoms with van der Waals surface area (Å²) >= 11 is 0. The van der Waals surface area contributed by atoms with Crippen molar-refractivity contribution in [3.63, 3.8) is 0 Å². The molecular weight excluding hydrogens is 141 g/mol. The van der Waals surface area contributed by atoms with Crippen LogP contribution in [0.2, 0.25) is 0 Å². The number of hydrogen-bond donors (Lipinski definition) is 0. The third-order valence-corrected chi connectivity index (χ3v) is 1.65. The first kappa shape index (κ1) is 8.18. The predicted molar refractivity (Wildman–Crippen MR) is 43.1 cm³/mol. The van der Waals surface area contributed by atoms with E-state index < -0.39 is 6.17 Å². The molecule has 0 aliphatic rings. The Hall–Kier alpha value is -0.920. The van der Waals surface area contributed by atoms with Crippen LogP contribution in [0.4, 0.5) is 4.39 Å². The highest BCUT2D eigenvalue weighted by Crippen LogP contribution is 2.19. The third-order valence-electron chi connectivity index (χ3n) is 1.65. The maximum Gasteiger partial charge on any atom is 0.126 e. The van der Waals surface area contributed by atoms with Crippen LogP contribution in [0.3, 0.4) is 0 Å². The molecule has 1 rings (SSSR count). The second-order valence-electron chi connectivity index (χ2n) is 2.61. The van der Waals surface area contributed by atoms with E-state index in [2.05, 4.69) is 4.98 Å². The van der Waals surface area contributed by atoms with Gasteiger partial charge in [0.1, 0.15) is 6.17 Å². The molecule has 1 atom stereocenters. The summed E-state index contributed by atoms with van der Waals surface area (Å²) in [6, 6.07) is 3.62. The zero-order valence-corrected chi connectivity index (χ0v) is 6.84. The van der Waals surface area contributed by atoms with Crippen LogP contribution in [0.25, 0.3) is 0 Å². The number of pyridine rings is 1. The van der Waals surface area contributed by atoms with Gasteiger partial charge in [-0.2, -0.15) is 0 Å². The van der Waals surface area contributed by atoms with Gasteiger partial charge < -0.3 is 0 Å². The van der Waals surface area contributed by atoms with Crippen LogP contribution in [-0.4, -0.2) is 4.98 Å². The minimum atomic E-state index is -0.858. The van der Waals surface area contributed by atoms with Gasteiger partial charge in [0.25, 0.3) is 0 Å². The lowest BCUT2D eigenvalue weighted by molar-refractivity contribution is 0.334. The Morgan fingerprint density at radius 2 is 2.27 bits per heavy atom. The topological polar surface area (TPSA) is 12.9 Å². The van der Waals surface area contributed by atoms with E-state index in [0.29, 0.717) is 12.0 Å². The van der Waals surface area contributed by atoms with Crippen LogP contribution >= 0.6 is 0 Å². The van der Waals surface area contributed by atoms with E-state index in [0.717, 1.165) is 5.69 Å². The van der Waals surface area contributed by atoms with E-state index in [1.54, 1.807) is 12.3 Å². The van der Waals surface area contributed by atoms with Crippen LogP contribution in [-0.2, 0) is 0 Å². The van der Waals surface area contributed by atoms with Gasteiger partial charge in [0, 0.05) is 17.5 Å². The molecule has 0 N–H and O–H groups in total. The SMILES string of the molecule is CCC(F)c1ccc(C)nc1. The van der Waals surface area contributed by atoms with Crippen molar-refractivity contribution >= 4 is 0 Å². The van der Waals surface area contributed by atoms with Crippen molar-refractivity contribution in [2.75, 3.05) is 0 Å². The van der Waals surface area contributed by atoms with Crippen molar-refractivity contribution in [3.05, 3.63) is 29.6 Å². The molecule has 1 aromatic heterocycles. The summed E-state index contributed by atoms with van der Waals surface area (Å²) in [7, 11) is 0. The van der Waals surface area contributed by atoms with Crippen molar-refractivity contribution in [2.24, 2.45) is 0 Å². The molecule has 60 valence electrons. The summed E-state index contributed by atoms with van der Waals surface area (Å²) < 4.78 is 13.0. The standard InChI is InChI=1S/C9H12FN/c1-3-9(10)8-5-4-7(2)11-6-8/h4-6,9H,3H2,1-2H3. The number of nitrogens with zero attached hydrogens (tertiary/aromatic N) is 1. The summed E-state index contributed by atoms with van der Waals surface area (Å²) in [4.78, 5) is 4.01. The van der Waals surface area contributed by atoms with Gasteiger partial charge in [-0.05, 0) is 19.4 Å². The zero-order chi connectivity index (χ0) is 8.27. The monoisotopic (exact) mass is 153 g/mol. The maximum atomic E-state index is 13.0. The van der Waals surface area contributed by atoms with Gasteiger partial charge in [-0.15, -0.1) is 0 Å². The maximum absolute atomic E-state index is 13.0. The molecule has 0 spiro atoms. The van der Waals surface area contributed by atoms with Gasteiger partial charge in [-0.3, -0.25) is 4.98 Å². The Bertz CT molecular complexity index is 218. The molecule has 0 aliphatic carbocycles. The van der Waals surface area contributed by atoms with E-state index in [4.69, 9.17) is 0 Å². The first-order valence-corrected chi connectivity index (χ1v) is 3.80. The summed E-state index contributed by atoms with van der Waals surface area (Å²) in [5.41, 5.74) is 1.61. The number of aryl methyl sites for hydroxylation is 1. The molecule has 11 heavy (non-hydrogen) atoms. The minimum Gasteiger partial charge on any atom is -0.261 e. The largest absolute Gasteiger partial charge is 0.261 e. The quantitative estimate of drug-likeness (QED) is 0.636. The molecule has 0 saturated carbocycles. The fourth-order valence-electron chi connectivity index (χ4n) is 0.900. The Morgan fingerprint density at radius 3 is 2.73 bits per heavy atom. The second kappa shape index (κ2) is 3.46. The Labute approximate surface area is 66.3 Å². The molecule has 0 fully saturated rings. The van der Waals surface area contributed by atoms with Gasteiger partial charge in [-0.25, -0.2) is 4.39 Å². The molecule has 1 aromatic rings. The highest BCUT2D eigenvalue weighted by Gasteiger charge is 2.05. The molecule has 0 radical (unpaired) electrons. The van der Waals surface area contributed by atoms with Crippen LogP contribution in [0.5, 0.6) is 0 Å². The van der Waals surface area contributed by atoms with E-state index in [1.807, 2.05) is 19.9 Å². The third kappa shape index (κ3) is 2.00. The summed E-state index contributed by atoms with van der Waals surface area (Å²) in [5.74, 6) is 0. The normalized spacial score (nSPS) is 13.0. The average Bonchev–Trinajstić information content (AvgIpc) is 2.05. The fourth-order valence-corrected chi connectivity index (χ4v) is 0.900. The average molecular weight is 153 g/mol. The van der Waals surface area contributed by atoms with E-state index in [-0.39, 0.29) is 0 Å². The molecule has 0 aromatic carbocycles. The van der Waals surface area contributed by atoms with Crippen LogP contribution < -0.4 is 0 Å². The van der Waals surface area contributed by atoms with Gasteiger partial charge >= 0.3 is 0 Å². The smallest absolute Gasteiger partial charge is 0.126 e. The zero-order valence-electron chi connectivity index (χ0n) is 6.84. The Morgan fingerprint density at radius 1 is 1.55 bits per heavy atom. The first-order valence-electron chi connectivity index (χ1n) is 3.80. The number of hydrogen-bond acceptors (Lipinski definition) is 1. The molecule has 2 heteroatoms. The highest BCUT2D eigenvalue weighted by atomic mass is 19.1. The van der Waals surface area contributed by atoms with Gasteiger partial charge in [0.15, 0.2) is 0 Å². The fraction of sp³-hybridized carbons (Fsp3) is 0.444. The molecule has 1 heterocycles. The number of rotatable bonds is 2. The molecular formula is C9H12FN. The molecule has 0 saturated heterocycles. The lowest BCUT2D eigenvalue weighted by Gasteiger charge is -2.03. The lowest BCUT2D eigenvalue weighted by atomic mass is 10.1. The molecule has 1 nitrogen and oxygen atoms in total. The van der Waals surface area contributed by atoms with Gasteiger partial charge in [0.05, 0.1) is 0 Å². The molecule has 0 aliphatic heterocycles. The predicted octanol–water partition coefficient (Wildman–Crippen LogP) is 2.81. The molecule has 1 unspecified atom stereocenters. The Kier molecular flexibility index (Phi) is 2.58. The van der Waals surface area contributed by atoms with E-state index in [9.17, 15) is 4.39 Å². The van der Waals surface area contributed by atoms with Crippen molar-refractivity contribution in [2.45, 2.75) is 26.4 Å². The van der Waals surface area contributed by atoms with Crippen molar-refractivity contribution in [1.29, 1.82) is 0 Å². The van der Waals surface area contributed by atoms with Crippen LogP contribution in [0.15, 0.2) is 18.3 Å². The second-order valence-corrected chi connectivity index (χ2v) is 2.61. The summed E-state index contributed by atoms with van der Waals surface area (Å²) in [5, 5.41) is 0. The number of aromatic nitrogens is 1. The van der Waals surface area contributed by atoms with E-state index in [1.165, 1.54) is 0 Å². The van der Waals surface area contributed by atoms with Crippen LogP contribution in [0, 0.1) is 6.92 Å². The molecule has 0 amide bonds. The summed E-state index contributed by atoms with van der Waals surface area (Å²) in [6.07, 6.45) is 1.26. The minimum absolute atomic E-state index is 0.519. The number of halogens is 1. The highest BCUT2D eigenvalue weighted by molar-refractivity contribution is 5.15. The van der Waals surface area contributed by atoms with Gasteiger partial charge in [0.2, 0.25) is 0 Å². The lowest BCUT2D eigenvalue weighted by Crippen LogP contribution is -1.91. The Balaban J connectivity index is 2.81. The van der Waals surface area contributed by atoms with Crippen LogP contribution in [0.1, 0.15) is 30.8 Å².